The fourth-order valence-electron chi connectivity index (χ4n) is 5.84. The van der Waals surface area contributed by atoms with E-state index in [0.717, 1.165) is 44.9 Å². The Balaban J connectivity index is 1.79. The van der Waals surface area contributed by atoms with Gasteiger partial charge in [-0.1, -0.05) is 50.0 Å². The molecule has 1 aliphatic heterocycles. The van der Waals surface area contributed by atoms with Crippen LogP contribution in [-0.2, 0) is 14.3 Å². The van der Waals surface area contributed by atoms with Crippen molar-refractivity contribution in [2.45, 2.75) is 95.4 Å². The normalized spacial score (nSPS) is 25.1. The summed E-state index contributed by atoms with van der Waals surface area (Å²) in [6.07, 6.45) is 2.32. The number of hydrogen-bond acceptors (Lipinski definition) is 9. The van der Waals surface area contributed by atoms with Crippen molar-refractivity contribution in [3.05, 3.63) is 39.6 Å². The third-order valence-corrected chi connectivity index (χ3v) is 9.01. The maximum absolute atomic E-state index is 14.3. The Morgan fingerprint density at radius 3 is 2.53 bits per heavy atom. The zero-order chi connectivity index (χ0) is 31.1. The van der Waals surface area contributed by atoms with Crippen LogP contribution in [0.2, 0.25) is 0 Å². The Morgan fingerprint density at radius 1 is 1.16 bits per heavy atom. The van der Waals surface area contributed by atoms with Crippen LogP contribution in [-0.4, -0.2) is 91.6 Å². The minimum atomic E-state index is -1.49. The third-order valence-electron chi connectivity index (χ3n) is 8.07. The number of benzene rings is 1. The predicted molar refractivity (Wildman–Crippen MR) is 165 cm³/mol. The molecule has 1 saturated carbocycles. The number of halogens is 1. The monoisotopic (exact) mass is 712 g/mol. The number of unbranched alkanes of at least 4 members (excludes halogenated alkanes) is 1. The molecule has 43 heavy (non-hydrogen) atoms. The highest BCUT2D eigenvalue weighted by Gasteiger charge is 2.47. The van der Waals surface area contributed by atoms with Crippen LogP contribution in [0.1, 0.15) is 75.4 Å². The lowest BCUT2D eigenvalue weighted by Gasteiger charge is -2.42. The first-order valence-corrected chi connectivity index (χ1v) is 15.9. The van der Waals surface area contributed by atoms with E-state index in [1.54, 1.807) is 12.1 Å². The van der Waals surface area contributed by atoms with Crippen LogP contribution in [0, 0.1) is 9.49 Å². The van der Waals surface area contributed by atoms with Crippen molar-refractivity contribution in [3.8, 4) is 0 Å². The van der Waals surface area contributed by atoms with Gasteiger partial charge in [0.15, 0.2) is 12.0 Å². The van der Waals surface area contributed by atoms with E-state index in [2.05, 4.69) is 43.5 Å². The summed E-state index contributed by atoms with van der Waals surface area (Å²) in [4.78, 5) is 41.6. The van der Waals surface area contributed by atoms with Gasteiger partial charge in [0.05, 0.1) is 18.4 Å². The number of hydrogen-bond donors (Lipinski definition) is 5. The molecule has 0 radical (unpaired) electrons. The van der Waals surface area contributed by atoms with Crippen molar-refractivity contribution >= 4 is 46.1 Å². The summed E-state index contributed by atoms with van der Waals surface area (Å²) in [5.41, 5.74) is 0.406. The van der Waals surface area contributed by atoms with Gasteiger partial charge in [-0.05, 0) is 59.9 Å². The first kappa shape index (κ1) is 33.2. The molecule has 1 aromatic carbocycles. The van der Waals surface area contributed by atoms with Crippen LogP contribution >= 0.6 is 22.6 Å². The molecule has 0 bridgehead atoms. The lowest BCUT2D eigenvalue weighted by atomic mass is 9.82. The number of anilines is 1. The number of nitrogens with one attached hydrogen (secondary N) is 2. The van der Waals surface area contributed by atoms with E-state index in [9.17, 15) is 29.7 Å². The first-order valence-electron chi connectivity index (χ1n) is 14.8. The summed E-state index contributed by atoms with van der Waals surface area (Å²) in [5.74, 6) is -1.18. The quantitative estimate of drug-likeness (QED) is 0.171. The smallest absolute Gasteiger partial charge is 0.261 e. The minimum Gasteiger partial charge on any atom is -0.394 e. The Labute approximate surface area is 264 Å². The predicted octanol–water partition coefficient (Wildman–Crippen LogP) is 1.51. The molecule has 2 aromatic rings. The Hall–Kier alpha value is -2.66. The van der Waals surface area contributed by atoms with Crippen molar-refractivity contribution < 1.29 is 34.4 Å². The second-order valence-corrected chi connectivity index (χ2v) is 12.3. The number of aliphatic hydroxyl groups is 3. The van der Waals surface area contributed by atoms with Gasteiger partial charge in [0, 0.05) is 17.0 Å². The molecule has 2 fully saturated rings. The summed E-state index contributed by atoms with van der Waals surface area (Å²) in [7, 11) is 0. The molecule has 5 N–H and O–H groups in total. The molecule has 6 unspecified atom stereocenters. The lowest BCUT2D eigenvalue weighted by molar-refractivity contribution is -0.219. The van der Waals surface area contributed by atoms with E-state index < -0.39 is 55.0 Å². The van der Waals surface area contributed by atoms with Crippen molar-refractivity contribution in [1.29, 1.82) is 0 Å². The van der Waals surface area contributed by atoms with Gasteiger partial charge in [0.1, 0.15) is 30.4 Å². The van der Waals surface area contributed by atoms with Crippen LogP contribution in [0.4, 0.5) is 5.82 Å². The van der Waals surface area contributed by atoms with Crippen molar-refractivity contribution in [2.24, 2.45) is 5.92 Å². The molecule has 0 spiro atoms. The maximum atomic E-state index is 14.3. The van der Waals surface area contributed by atoms with E-state index in [1.807, 2.05) is 19.1 Å². The molecular weight excluding hydrogens is 671 g/mol. The fourth-order valence-corrected chi connectivity index (χ4v) is 6.46. The summed E-state index contributed by atoms with van der Waals surface area (Å²) >= 11 is 2.09. The third kappa shape index (κ3) is 7.71. The number of rotatable bonds is 11. The number of ether oxygens (including phenoxy) is 1. The molecule has 1 aliphatic carbocycles. The molecule has 4 rings (SSSR count). The molecule has 1 saturated heterocycles. The number of carbonyl (C=O) groups is 3. The zero-order valence-corrected chi connectivity index (χ0v) is 26.6. The minimum absolute atomic E-state index is 0.0946. The summed E-state index contributed by atoms with van der Waals surface area (Å²) in [5, 5.41) is 45.1. The van der Waals surface area contributed by atoms with Crippen molar-refractivity contribution in [2.75, 3.05) is 18.1 Å². The van der Waals surface area contributed by atoms with Gasteiger partial charge in [0.2, 0.25) is 11.8 Å². The molecular formula is C29H41IN6O7. The number of nitrogens with zero attached hydrogens (tertiary/aromatic N) is 4. The van der Waals surface area contributed by atoms with Crippen LogP contribution in [0.5, 0.6) is 0 Å². The molecule has 236 valence electrons. The topological polar surface area (TPSA) is 179 Å². The Morgan fingerprint density at radius 2 is 1.88 bits per heavy atom. The zero-order valence-electron chi connectivity index (χ0n) is 24.4. The highest BCUT2D eigenvalue weighted by Crippen LogP contribution is 2.34. The summed E-state index contributed by atoms with van der Waals surface area (Å²) in [6, 6.07) is 5.11. The first-order chi connectivity index (χ1) is 20.7. The van der Waals surface area contributed by atoms with E-state index in [-0.39, 0.29) is 17.6 Å². The highest BCUT2D eigenvalue weighted by atomic mass is 127. The van der Waals surface area contributed by atoms with Gasteiger partial charge in [-0.3, -0.25) is 19.3 Å². The second-order valence-electron chi connectivity index (χ2n) is 11.2. The largest absolute Gasteiger partial charge is 0.394 e. The average Bonchev–Trinajstić information content (AvgIpc) is 3.48. The van der Waals surface area contributed by atoms with Crippen molar-refractivity contribution in [3.63, 3.8) is 0 Å². The van der Waals surface area contributed by atoms with Crippen LogP contribution < -0.4 is 15.5 Å². The molecule has 3 amide bonds. The van der Waals surface area contributed by atoms with E-state index in [1.165, 1.54) is 22.7 Å². The fraction of sp³-hybridized carbons (Fsp3) is 0.621. The standard InChI is InChI=1S/C29H41IN6O7/c1-3-4-14-31-27(41)24(18-10-6-5-7-11-18)36(28(42)19-12-8-9-13-20(19)30)22-15-35(34-33-22)29-23(32-17(2)38)26(40)25(39)21(16-37)43-29/h8-9,12-13,15,18,21,23-26,29,37,39-40H,3-7,10-11,14,16H2,1-2H3,(H,31,41)(H,32,38). The average molecular weight is 713 g/mol. The van der Waals surface area contributed by atoms with E-state index >= 15 is 0 Å². The molecule has 1 aromatic heterocycles. The molecule has 2 aliphatic rings. The number of aromatic nitrogens is 3. The Kier molecular flexibility index (Phi) is 11.9. The van der Waals surface area contributed by atoms with Gasteiger partial charge in [-0.15, -0.1) is 5.10 Å². The highest BCUT2D eigenvalue weighted by molar-refractivity contribution is 14.1. The molecule has 6 atom stereocenters. The van der Waals surface area contributed by atoms with E-state index in [0.29, 0.717) is 15.7 Å². The van der Waals surface area contributed by atoms with Crippen LogP contribution in [0.25, 0.3) is 0 Å². The van der Waals surface area contributed by atoms with Gasteiger partial charge in [-0.2, -0.15) is 0 Å². The maximum Gasteiger partial charge on any atom is 0.261 e. The number of amides is 3. The lowest BCUT2D eigenvalue weighted by Crippen LogP contribution is -2.62. The summed E-state index contributed by atoms with van der Waals surface area (Å²) < 4.78 is 7.81. The Bertz CT molecular complexity index is 1260. The van der Waals surface area contributed by atoms with Gasteiger partial charge in [0.25, 0.3) is 5.91 Å². The van der Waals surface area contributed by atoms with Crippen LogP contribution in [0.15, 0.2) is 30.5 Å². The SMILES string of the molecule is CCCCNC(=O)C(C1CCCCC1)N(C(=O)c1ccccc1I)c1cn(C2OC(CO)C(O)C(O)C2NC(C)=O)nn1. The van der Waals surface area contributed by atoms with Crippen molar-refractivity contribution in [1.82, 2.24) is 25.6 Å². The van der Waals surface area contributed by atoms with Crippen LogP contribution in [0.3, 0.4) is 0 Å². The van der Waals surface area contributed by atoms with E-state index in [4.69, 9.17) is 4.74 Å². The van der Waals surface area contributed by atoms with Gasteiger partial charge >= 0.3 is 0 Å². The summed E-state index contributed by atoms with van der Waals surface area (Å²) in [6.45, 7) is 3.18. The molecule has 2 heterocycles. The molecule has 14 heteroatoms. The van der Waals surface area contributed by atoms with Gasteiger partial charge < -0.3 is 30.7 Å². The van der Waals surface area contributed by atoms with Gasteiger partial charge in [-0.25, -0.2) is 4.68 Å². The number of carbonyl (C=O) groups excluding carboxylic acids is 3. The molecule has 13 nitrogen and oxygen atoms in total. The second kappa shape index (κ2) is 15.4. The number of aliphatic hydroxyl groups excluding tert-OH is 3.